The monoisotopic (exact) mass is 439 g/mol. The molecule has 1 amide bonds. The normalized spacial score (nSPS) is 22.5. The van der Waals surface area contributed by atoms with Crippen molar-refractivity contribution in [3.63, 3.8) is 0 Å². The number of hydrogen-bond donors (Lipinski definition) is 1. The molecule has 168 valence electrons. The lowest BCUT2D eigenvalue weighted by molar-refractivity contribution is -0.140. The highest BCUT2D eigenvalue weighted by Gasteiger charge is 2.47. The van der Waals surface area contributed by atoms with Crippen LogP contribution in [0.5, 0.6) is 5.75 Å². The van der Waals surface area contributed by atoms with Crippen LogP contribution in [0.2, 0.25) is 0 Å². The fraction of sp³-hybridized carbons (Fsp3) is 0.360. The van der Waals surface area contributed by atoms with Crippen molar-refractivity contribution in [2.45, 2.75) is 38.3 Å². The van der Waals surface area contributed by atoms with Crippen molar-refractivity contribution in [2.24, 2.45) is 0 Å². The van der Waals surface area contributed by atoms with E-state index in [0.29, 0.717) is 24.5 Å². The first-order valence-corrected chi connectivity index (χ1v) is 10.9. The van der Waals surface area contributed by atoms with Crippen molar-refractivity contribution in [2.75, 3.05) is 19.8 Å². The van der Waals surface area contributed by atoms with E-state index < -0.39 is 23.5 Å². The van der Waals surface area contributed by atoms with E-state index >= 15 is 0 Å². The summed E-state index contributed by atoms with van der Waals surface area (Å²) in [4.78, 5) is 27.5. The summed E-state index contributed by atoms with van der Waals surface area (Å²) in [6.45, 7) is 3.48. The molecule has 4 rings (SSSR count). The lowest BCUT2D eigenvalue weighted by atomic mass is 9.95. The van der Waals surface area contributed by atoms with Gasteiger partial charge in [0.15, 0.2) is 0 Å². The molecule has 2 aromatic carbocycles. The number of amides is 1. The first-order valence-electron chi connectivity index (χ1n) is 10.9. The number of likely N-dealkylation sites (tertiary alicyclic amines) is 1. The Labute approximate surface area is 186 Å². The minimum Gasteiger partial charge on any atom is -0.507 e. The van der Waals surface area contributed by atoms with Crippen molar-refractivity contribution < 1.29 is 28.6 Å². The molecule has 6 nitrogen and oxygen atoms in total. The minimum absolute atomic E-state index is 0.0122. The number of carbonyl (C=O) groups is 2. The van der Waals surface area contributed by atoms with Gasteiger partial charge in [-0.1, -0.05) is 19.1 Å². The number of benzene rings is 2. The van der Waals surface area contributed by atoms with Crippen molar-refractivity contribution >= 4 is 17.4 Å². The van der Waals surface area contributed by atoms with E-state index in [2.05, 4.69) is 0 Å². The van der Waals surface area contributed by atoms with Crippen LogP contribution in [0.25, 0.3) is 5.76 Å². The first kappa shape index (κ1) is 22.0. The lowest BCUT2D eigenvalue weighted by Crippen LogP contribution is -2.36. The van der Waals surface area contributed by atoms with Gasteiger partial charge in [-0.25, -0.2) is 4.39 Å². The first-order chi connectivity index (χ1) is 15.5. The quantitative estimate of drug-likeness (QED) is 0.397. The third-order valence-corrected chi connectivity index (χ3v) is 5.75. The highest BCUT2D eigenvalue weighted by molar-refractivity contribution is 6.46. The molecule has 0 radical (unpaired) electrons. The topological polar surface area (TPSA) is 76.1 Å². The summed E-state index contributed by atoms with van der Waals surface area (Å²) < 4.78 is 24.7. The van der Waals surface area contributed by atoms with Crippen LogP contribution in [0, 0.1) is 5.82 Å². The van der Waals surface area contributed by atoms with Gasteiger partial charge in [0, 0.05) is 18.7 Å². The molecule has 2 aromatic rings. The largest absolute Gasteiger partial charge is 0.507 e. The van der Waals surface area contributed by atoms with Crippen LogP contribution in [-0.4, -0.2) is 47.6 Å². The molecule has 2 aliphatic heterocycles. The zero-order valence-corrected chi connectivity index (χ0v) is 17.9. The summed E-state index contributed by atoms with van der Waals surface area (Å²) >= 11 is 0. The van der Waals surface area contributed by atoms with Crippen LogP contribution < -0.4 is 4.74 Å². The van der Waals surface area contributed by atoms with E-state index in [1.54, 1.807) is 24.3 Å². The van der Waals surface area contributed by atoms with Gasteiger partial charge in [0.25, 0.3) is 11.7 Å². The molecule has 2 heterocycles. The summed E-state index contributed by atoms with van der Waals surface area (Å²) in [6, 6.07) is 11.6. The molecule has 0 saturated carbocycles. The maximum absolute atomic E-state index is 13.4. The third-order valence-electron chi connectivity index (χ3n) is 5.75. The van der Waals surface area contributed by atoms with E-state index in [1.165, 1.54) is 29.2 Å². The molecule has 32 heavy (non-hydrogen) atoms. The van der Waals surface area contributed by atoms with Crippen molar-refractivity contribution in [3.05, 3.63) is 71.0 Å². The smallest absolute Gasteiger partial charge is 0.295 e. The van der Waals surface area contributed by atoms with Gasteiger partial charge in [-0.2, -0.15) is 0 Å². The van der Waals surface area contributed by atoms with Gasteiger partial charge in [-0.15, -0.1) is 0 Å². The molecule has 2 saturated heterocycles. The Morgan fingerprint density at radius 2 is 1.88 bits per heavy atom. The van der Waals surface area contributed by atoms with Crippen molar-refractivity contribution in [3.8, 4) is 5.75 Å². The summed E-state index contributed by atoms with van der Waals surface area (Å²) in [5.41, 5.74) is 0.936. The maximum Gasteiger partial charge on any atom is 0.295 e. The van der Waals surface area contributed by atoms with Crippen molar-refractivity contribution in [1.82, 2.24) is 4.90 Å². The average molecular weight is 439 g/mol. The highest BCUT2D eigenvalue weighted by Crippen LogP contribution is 2.40. The standard InChI is InChI=1S/C25H26FNO5/c1-2-13-31-19-11-7-16(8-12-19)22-21(23(28)17-5-9-18(26)10-6-17)24(29)25(30)27(22)15-20-4-3-14-32-20/h5-12,20,22,28H,2-4,13-15H2,1H3/t20-,22+/m1/s1. The molecular weight excluding hydrogens is 413 g/mol. The van der Waals surface area contributed by atoms with Crippen molar-refractivity contribution in [1.29, 1.82) is 0 Å². The molecule has 0 aromatic heterocycles. The second kappa shape index (κ2) is 9.53. The van der Waals surface area contributed by atoms with Crippen LogP contribution in [-0.2, 0) is 14.3 Å². The zero-order valence-electron chi connectivity index (χ0n) is 17.9. The molecule has 0 bridgehead atoms. The highest BCUT2D eigenvalue weighted by atomic mass is 19.1. The molecule has 1 N–H and O–H groups in total. The number of halogens is 1. The number of ketones is 1. The Kier molecular flexibility index (Phi) is 6.55. The van der Waals surface area contributed by atoms with Gasteiger partial charge in [-0.3, -0.25) is 9.59 Å². The molecule has 0 aliphatic carbocycles. The zero-order chi connectivity index (χ0) is 22.7. The van der Waals surface area contributed by atoms with E-state index in [-0.39, 0.29) is 29.5 Å². The van der Waals surface area contributed by atoms with Gasteiger partial charge in [0.2, 0.25) is 0 Å². The molecule has 0 spiro atoms. The molecule has 0 unspecified atom stereocenters. The van der Waals surface area contributed by atoms with Crippen LogP contribution in [0.4, 0.5) is 4.39 Å². The van der Waals surface area contributed by atoms with Gasteiger partial charge < -0.3 is 19.5 Å². The van der Waals surface area contributed by atoms with Gasteiger partial charge in [0.1, 0.15) is 17.3 Å². The second-order valence-electron chi connectivity index (χ2n) is 8.01. The number of Topliss-reactive ketones (excluding diaryl/α,β-unsaturated/α-hetero) is 1. The number of aliphatic hydroxyl groups is 1. The van der Waals surface area contributed by atoms with E-state index in [4.69, 9.17) is 9.47 Å². The molecule has 2 aliphatic rings. The maximum atomic E-state index is 13.4. The van der Waals surface area contributed by atoms with Gasteiger partial charge >= 0.3 is 0 Å². The minimum atomic E-state index is -0.774. The number of nitrogens with zero attached hydrogens (tertiary/aromatic N) is 1. The predicted molar refractivity (Wildman–Crippen MR) is 117 cm³/mol. The number of aliphatic hydroxyl groups excluding tert-OH is 1. The number of carbonyl (C=O) groups excluding carboxylic acids is 2. The Morgan fingerprint density at radius 1 is 1.16 bits per heavy atom. The Balaban J connectivity index is 1.75. The Bertz CT molecular complexity index is 1010. The SMILES string of the molecule is CCCOc1ccc([C@H]2C(=C(O)c3ccc(F)cc3)C(=O)C(=O)N2C[C@H]2CCCO2)cc1. The fourth-order valence-electron chi connectivity index (χ4n) is 4.15. The molecule has 2 fully saturated rings. The van der Waals surface area contributed by atoms with Crippen LogP contribution in [0.3, 0.4) is 0 Å². The summed E-state index contributed by atoms with van der Waals surface area (Å²) in [5.74, 6) is -1.54. The number of rotatable bonds is 7. The van der Waals surface area contributed by atoms with E-state index in [0.717, 1.165) is 19.3 Å². The Hall–Kier alpha value is -3.19. The number of ether oxygens (including phenoxy) is 2. The van der Waals surface area contributed by atoms with E-state index in [9.17, 15) is 19.1 Å². The third kappa shape index (κ3) is 4.39. The lowest BCUT2D eigenvalue weighted by Gasteiger charge is -2.27. The second-order valence-corrected chi connectivity index (χ2v) is 8.01. The van der Waals surface area contributed by atoms with Gasteiger partial charge in [0.05, 0.1) is 24.3 Å². The Morgan fingerprint density at radius 3 is 2.50 bits per heavy atom. The average Bonchev–Trinajstić information content (AvgIpc) is 3.40. The summed E-state index contributed by atoms with van der Waals surface area (Å²) in [7, 11) is 0. The number of hydrogen-bond acceptors (Lipinski definition) is 5. The van der Waals surface area contributed by atoms with E-state index in [1.807, 2.05) is 6.92 Å². The molecular formula is C25H26FNO5. The summed E-state index contributed by atoms with van der Waals surface area (Å²) in [6.07, 6.45) is 2.42. The van der Waals surface area contributed by atoms with Gasteiger partial charge in [-0.05, 0) is 61.2 Å². The molecule has 7 heteroatoms. The van der Waals surface area contributed by atoms with Crippen LogP contribution in [0.1, 0.15) is 43.4 Å². The van der Waals surface area contributed by atoms with Crippen LogP contribution >= 0.6 is 0 Å². The fourth-order valence-corrected chi connectivity index (χ4v) is 4.15. The predicted octanol–water partition coefficient (Wildman–Crippen LogP) is 4.22. The van der Waals surface area contributed by atoms with Crippen LogP contribution in [0.15, 0.2) is 54.1 Å². The summed E-state index contributed by atoms with van der Waals surface area (Å²) in [5, 5.41) is 11.0. The molecule has 2 atom stereocenters.